The highest BCUT2D eigenvalue weighted by Crippen LogP contribution is 2.39. The predicted octanol–water partition coefficient (Wildman–Crippen LogP) is 5.48. The SMILES string of the molecule is CCOc1cc(C(c2ccc(Br)s2)N2CCNCC2)ccc1OCc1ccccc1. The number of piperazine rings is 1. The molecule has 2 heterocycles. The first kappa shape index (κ1) is 21.4. The minimum atomic E-state index is 0.214. The molecule has 1 aromatic heterocycles. The number of nitrogens with one attached hydrogen (secondary N) is 1. The largest absolute Gasteiger partial charge is 0.490 e. The Morgan fingerprint density at radius 1 is 1.00 bits per heavy atom. The molecule has 1 aliphatic rings. The van der Waals surface area contributed by atoms with E-state index in [1.54, 1.807) is 11.3 Å². The summed E-state index contributed by atoms with van der Waals surface area (Å²) in [4.78, 5) is 3.88. The van der Waals surface area contributed by atoms with Gasteiger partial charge in [-0.25, -0.2) is 0 Å². The van der Waals surface area contributed by atoms with Crippen molar-refractivity contribution in [2.45, 2.75) is 19.6 Å². The van der Waals surface area contributed by atoms with Crippen molar-refractivity contribution in [3.05, 3.63) is 80.5 Å². The van der Waals surface area contributed by atoms with Gasteiger partial charge < -0.3 is 14.8 Å². The minimum Gasteiger partial charge on any atom is -0.490 e. The normalized spacial score (nSPS) is 15.7. The van der Waals surface area contributed by atoms with Gasteiger partial charge in [-0.05, 0) is 58.2 Å². The molecule has 0 amide bonds. The van der Waals surface area contributed by atoms with Crippen molar-refractivity contribution in [2.24, 2.45) is 0 Å². The van der Waals surface area contributed by atoms with Crippen LogP contribution in [0.2, 0.25) is 0 Å². The second kappa shape index (κ2) is 10.4. The van der Waals surface area contributed by atoms with Crippen LogP contribution < -0.4 is 14.8 Å². The van der Waals surface area contributed by atoms with E-state index in [1.165, 1.54) is 10.4 Å². The molecule has 0 bridgehead atoms. The van der Waals surface area contributed by atoms with Crippen LogP contribution in [0.5, 0.6) is 11.5 Å². The maximum Gasteiger partial charge on any atom is 0.161 e. The summed E-state index contributed by atoms with van der Waals surface area (Å²) in [7, 11) is 0. The molecule has 30 heavy (non-hydrogen) atoms. The third-order valence-electron chi connectivity index (χ3n) is 5.20. The molecule has 1 unspecified atom stereocenters. The van der Waals surface area contributed by atoms with E-state index in [4.69, 9.17) is 9.47 Å². The number of benzene rings is 2. The van der Waals surface area contributed by atoms with Crippen LogP contribution in [0.15, 0.2) is 64.5 Å². The summed E-state index contributed by atoms with van der Waals surface area (Å²) in [5, 5.41) is 3.46. The highest BCUT2D eigenvalue weighted by atomic mass is 79.9. The lowest BCUT2D eigenvalue weighted by Crippen LogP contribution is -2.45. The standard InChI is InChI=1S/C24H27BrN2O2S/c1-2-28-21-16-19(8-9-20(21)29-17-18-6-4-3-5-7-18)24(22-10-11-23(25)30-22)27-14-12-26-13-15-27/h3-11,16,24,26H,2,12-15,17H2,1H3. The minimum absolute atomic E-state index is 0.214. The quantitative estimate of drug-likeness (QED) is 0.456. The molecule has 0 aliphatic carbocycles. The lowest BCUT2D eigenvalue weighted by atomic mass is 10.0. The van der Waals surface area contributed by atoms with Crippen LogP contribution in [-0.2, 0) is 6.61 Å². The predicted molar refractivity (Wildman–Crippen MR) is 127 cm³/mol. The molecule has 0 saturated carbocycles. The number of hydrogen-bond acceptors (Lipinski definition) is 5. The Labute approximate surface area is 191 Å². The van der Waals surface area contributed by atoms with E-state index in [0.717, 1.165) is 47.0 Å². The van der Waals surface area contributed by atoms with Crippen LogP contribution in [0.1, 0.15) is 29.0 Å². The third kappa shape index (κ3) is 5.24. The van der Waals surface area contributed by atoms with Crippen molar-refractivity contribution < 1.29 is 9.47 Å². The summed E-state index contributed by atoms with van der Waals surface area (Å²) in [6, 6.07) is 21.2. The number of nitrogens with zero attached hydrogens (tertiary/aromatic N) is 1. The maximum atomic E-state index is 6.11. The van der Waals surface area contributed by atoms with E-state index in [-0.39, 0.29) is 6.04 Å². The van der Waals surface area contributed by atoms with E-state index in [9.17, 15) is 0 Å². The molecule has 1 atom stereocenters. The van der Waals surface area contributed by atoms with Crippen LogP contribution in [0, 0.1) is 0 Å². The molecule has 4 rings (SSSR count). The molecular weight excluding hydrogens is 460 g/mol. The Kier molecular flexibility index (Phi) is 7.44. The fourth-order valence-corrected chi connectivity index (χ4v) is 5.38. The van der Waals surface area contributed by atoms with E-state index < -0.39 is 0 Å². The Morgan fingerprint density at radius 3 is 2.50 bits per heavy atom. The molecule has 0 spiro atoms. The molecule has 1 N–H and O–H groups in total. The van der Waals surface area contributed by atoms with Crippen molar-refractivity contribution in [1.29, 1.82) is 0 Å². The van der Waals surface area contributed by atoms with Gasteiger partial charge in [0.2, 0.25) is 0 Å². The van der Waals surface area contributed by atoms with Gasteiger partial charge >= 0.3 is 0 Å². The average Bonchev–Trinajstić information content (AvgIpc) is 3.21. The number of rotatable bonds is 8. The van der Waals surface area contributed by atoms with Crippen LogP contribution in [0.4, 0.5) is 0 Å². The van der Waals surface area contributed by atoms with Crippen LogP contribution in [-0.4, -0.2) is 37.7 Å². The second-order valence-corrected chi connectivity index (χ2v) is 9.74. The van der Waals surface area contributed by atoms with E-state index >= 15 is 0 Å². The summed E-state index contributed by atoms with van der Waals surface area (Å²) in [6.07, 6.45) is 0. The Hall–Kier alpha value is -1.86. The van der Waals surface area contributed by atoms with Crippen molar-refractivity contribution >= 4 is 27.3 Å². The second-order valence-electron chi connectivity index (χ2n) is 7.24. The molecule has 2 aromatic carbocycles. The van der Waals surface area contributed by atoms with Gasteiger partial charge in [0, 0.05) is 31.1 Å². The number of ether oxygens (including phenoxy) is 2. The first-order valence-corrected chi connectivity index (χ1v) is 12.0. The van der Waals surface area contributed by atoms with Crippen molar-refractivity contribution in [2.75, 3.05) is 32.8 Å². The first-order chi connectivity index (χ1) is 14.7. The molecule has 6 heteroatoms. The van der Waals surface area contributed by atoms with Gasteiger partial charge in [-0.15, -0.1) is 11.3 Å². The molecule has 1 aliphatic heterocycles. The summed E-state index contributed by atoms with van der Waals surface area (Å²) in [6.45, 7) is 7.22. The summed E-state index contributed by atoms with van der Waals surface area (Å²) < 4.78 is 13.3. The fourth-order valence-electron chi connectivity index (χ4n) is 3.79. The topological polar surface area (TPSA) is 33.7 Å². The first-order valence-electron chi connectivity index (χ1n) is 10.4. The molecule has 158 valence electrons. The monoisotopic (exact) mass is 486 g/mol. The van der Waals surface area contributed by atoms with Gasteiger partial charge in [0.05, 0.1) is 16.4 Å². The highest BCUT2D eigenvalue weighted by molar-refractivity contribution is 9.11. The zero-order chi connectivity index (χ0) is 20.8. The van der Waals surface area contributed by atoms with Gasteiger partial charge in [0.25, 0.3) is 0 Å². The third-order valence-corrected chi connectivity index (χ3v) is 6.88. The molecular formula is C24H27BrN2O2S. The highest BCUT2D eigenvalue weighted by Gasteiger charge is 2.26. The molecule has 0 radical (unpaired) electrons. The number of halogens is 1. The summed E-state index contributed by atoms with van der Waals surface area (Å²) in [5.41, 5.74) is 2.38. The zero-order valence-corrected chi connectivity index (χ0v) is 19.5. The summed E-state index contributed by atoms with van der Waals surface area (Å²) >= 11 is 5.43. The van der Waals surface area contributed by atoms with E-state index in [2.05, 4.69) is 68.6 Å². The number of thiophene rings is 1. The van der Waals surface area contributed by atoms with Crippen molar-refractivity contribution in [3.63, 3.8) is 0 Å². The zero-order valence-electron chi connectivity index (χ0n) is 17.1. The van der Waals surface area contributed by atoms with E-state index in [0.29, 0.717) is 13.2 Å². The van der Waals surface area contributed by atoms with Crippen molar-refractivity contribution in [1.82, 2.24) is 10.2 Å². The Morgan fingerprint density at radius 2 is 1.80 bits per heavy atom. The fraction of sp³-hybridized carbons (Fsp3) is 0.333. The van der Waals surface area contributed by atoms with Gasteiger partial charge in [0.1, 0.15) is 6.61 Å². The lowest BCUT2D eigenvalue weighted by Gasteiger charge is -2.35. The van der Waals surface area contributed by atoms with Gasteiger partial charge in [-0.1, -0.05) is 36.4 Å². The molecule has 1 saturated heterocycles. The maximum absolute atomic E-state index is 6.11. The van der Waals surface area contributed by atoms with Crippen LogP contribution >= 0.6 is 27.3 Å². The Bertz CT molecular complexity index is 941. The average molecular weight is 487 g/mol. The lowest BCUT2D eigenvalue weighted by molar-refractivity contribution is 0.200. The Balaban J connectivity index is 1.62. The summed E-state index contributed by atoms with van der Waals surface area (Å²) in [5.74, 6) is 1.59. The molecule has 4 nitrogen and oxygen atoms in total. The number of hydrogen-bond donors (Lipinski definition) is 1. The molecule has 1 fully saturated rings. The van der Waals surface area contributed by atoms with Crippen molar-refractivity contribution in [3.8, 4) is 11.5 Å². The van der Waals surface area contributed by atoms with Crippen LogP contribution in [0.3, 0.4) is 0 Å². The van der Waals surface area contributed by atoms with Gasteiger partial charge in [-0.3, -0.25) is 4.90 Å². The van der Waals surface area contributed by atoms with Crippen LogP contribution in [0.25, 0.3) is 0 Å². The molecule has 3 aromatic rings. The van der Waals surface area contributed by atoms with E-state index in [1.807, 2.05) is 25.1 Å². The van der Waals surface area contributed by atoms with Gasteiger partial charge in [0.15, 0.2) is 11.5 Å². The van der Waals surface area contributed by atoms with Gasteiger partial charge in [-0.2, -0.15) is 0 Å². The smallest absolute Gasteiger partial charge is 0.161 e.